The van der Waals surface area contributed by atoms with E-state index in [4.69, 9.17) is 26.3 Å². The van der Waals surface area contributed by atoms with E-state index in [9.17, 15) is 5.11 Å². The molecular formula is C16H14ClNO3. The third kappa shape index (κ3) is 3.66. The average molecular weight is 304 g/mol. The van der Waals surface area contributed by atoms with Gasteiger partial charge in [-0.2, -0.15) is 5.26 Å². The molecule has 0 heterocycles. The molecule has 1 unspecified atom stereocenters. The summed E-state index contributed by atoms with van der Waals surface area (Å²) < 4.78 is 10.6. The summed E-state index contributed by atoms with van der Waals surface area (Å²) in [6, 6.07) is 14.0. The molecule has 0 aliphatic heterocycles. The third-order valence-electron chi connectivity index (χ3n) is 2.96. The summed E-state index contributed by atoms with van der Waals surface area (Å²) in [5, 5.41) is 19.5. The Morgan fingerprint density at radius 1 is 1.29 bits per heavy atom. The van der Waals surface area contributed by atoms with Crippen molar-refractivity contribution in [2.45, 2.75) is 6.10 Å². The highest BCUT2D eigenvalue weighted by molar-refractivity contribution is 6.31. The summed E-state index contributed by atoms with van der Waals surface area (Å²) in [7, 11) is 1.56. The maximum atomic E-state index is 10.1. The quantitative estimate of drug-likeness (QED) is 0.920. The van der Waals surface area contributed by atoms with E-state index in [-0.39, 0.29) is 12.2 Å². The molecule has 1 N–H and O–H groups in total. The van der Waals surface area contributed by atoms with E-state index in [1.165, 1.54) is 0 Å². The summed E-state index contributed by atoms with van der Waals surface area (Å²) >= 11 is 5.92. The Morgan fingerprint density at radius 2 is 2.05 bits per heavy atom. The fraction of sp³-hybridized carbons (Fsp3) is 0.188. The topological polar surface area (TPSA) is 62.5 Å². The summed E-state index contributed by atoms with van der Waals surface area (Å²) in [4.78, 5) is 0. The van der Waals surface area contributed by atoms with E-state index >= 15 is 0 Å². The van der Waals surface area contributed by atoms with E-state index in [0.29, 0.717) is 22.1 Å². The van der Waals surface area contributed by atoms with Crippen LogP contribution >= 0.6 is 11.6 Å². The Balaban J connectivity index is 2.09. The van der Waals surface area contributed by atoms with E-state index in [2.05, 4.69) is 0 Å². The number of nitriles is 1. The van der Waals surface area contributed by atoms with Crippen LogP contribution in [0.1, 0.15) is 17.2 Å². The van der Waals surface area contributed by atoms with Crippen LogP contribution < -0.4 is 9.47 Å². The number of aliphatic hydroxyl groups excluding tert-OH is 1. The zero-order valence-corrected chi connectivity index (χ0v) is 12.2. The molecule has 2 rings (SSSR count). The summed E-state index contributed by atoms with van der Waals surface area (Å²) in [6.07, 6.45) is -0.828. The molecule has 1 atom stereocenters. The number of rotatable bonds is 5. The van der Waals surface area contributed by atoms with Crippen molar-refractivity contribution in [1.29, 1.82) is 5.26 Å². The maximum absolute atomic E-state index is 10.1. The highest BCUT2D eigenvalue weighted by atomic mass is 35.5. The van der Waals surface area contributed by atoms with Gasteiger partial charge in [0, 0.05) is 0 Å². The van der Waals surface area contributed by atoms with Crippen molar-refractivity contribution in [1.82, 2.24) is 0 Å². The molecule has 5 heteroatoms. The minimum absolute atomic E-state index is 0.0161. The molecule has 0 spiro atoms. The smallest absolute Gasteiger partial charge is 0.138 e. The minimum Gasteiger partial charge on any atom is -0.497 e. The average Bonchev–Trinajstić information content (AvgIpc) is 2.52. The van der Waals surface area contributed by atoms with Crippen molar-refractivity contribution in [3.05, 3.63) is 58.6 Å². The zero-order chi connectivity index (χ0) is 15.2. The van der Waals surface area contributed by atoms with Crippen molar-refractivity contribution in [2.75, 3.05) is 13.7 Å². The predicted molar refractivity (Wildman–Crippen MR) is 79.6 cm³/mol. The third-order valence-corrected chi connectivity index (χ3v) is 3.28. The van der Waals surface area contributed by atoms with E-state index in [0.717, 1.165) is 0 Å². The number of aliphatic hydroxyl groups is 1. The van der Waals surface area contributed by atoms with Crippen LogP contribution in [0.4, 0.5) is 0 Å². The van der Waals surface area contributed by atoms with Gasteiger partial charge in [-0.05, 0) is 29.8 Å². The lowest BCUT2D eigenvalue weighted by Crippen LogP contribution is -2.10. The van der Waals surface area contributed by atoms with Crippen molar-refractivity contribution in [2.24, 2.45) is 0 Å². The number of hydrogen-bond donors (Lipinski definition) is 1. The SMILES string of the molecule is COc1cccc(C(O)COc2cccc(Cl)c2C#N)c1. The van der Waals surface area contributed by atoms with Gasteiger partial charge >= 0.3 is 0 Å². The number of halogens is 1. The highest BCUT2D eigenvalue weighted by Crippen LogP contribution is 2.27. The second-order valence-corrected chi connectivity index (χ2v) is 4.74. The second-order valence-electron chi connectivity index (χ2n) is 4.33. The monoisotopic (exact) mass is 303 g/mol. The predicted octanol–water partition coefficient (Wildman–Crippen LogP) is 3.33. The van der Waals surface area contributed by atoms with Gasteiger partial charge in [0.1, 0.15) is 35.8 Å². The normalized spacial score (nSPS) is 11.5. The molecule has 0 aliphatic rings. The molecule has 0 saturated heterocycles. The number of hydrogen-bond acceptors (Lipinski definition) is 4. The van der Waals surface area contributed by atoms with Gasteiger partial charge in [-0.3, -0.25) is 0 Å². The van der Waals surface area contributed by atoms with Gasteiger partial charge in [0.25, 0.3) is 0 Å². The number of nitrogens with zero attached hydrogens (tertiary/aromatic N) is 1. The molecule has 0 bridgehead atoms. The van der Waals surface area contributed by atoms with Gasteiger partial charge in [-0.1, -0.05) is 29.8 Å². The van der Waals surface area contributed by atoms with Crippen LogP contribution in [0, 0.1) is 11.3 Å². The Morgan fingerprint density at radius 3 is 2.76 bits per heavy atom. The molecule has 0 aromatic heterocycles. The van der Waals surface area contributed by atoms with Crippen LogP contribution in [0.2, 0.25) is 5.02 Å². The van der Waals surface area contributed by atoms with Crippen molar-refractivity contribution in [3.8, 4) is 17.6 Å². The Bertz CT molecular complexity index is 667. The highest BCUT2D eigenvalue weighted by Gasteiger charge is 2.12. The fourth-order valence-electron chi connectivity index (χ4n) is 1.85. The molecule has 108 valence electrons. The zero-order valence-electron chi connectivity index (χ0n) is 11.4. The molecule has 0 radical (unpaired) electrons. The first kappa shape index (κ1) is 15.2. The Labute approximate surface area is 128 Å². The largest absolute Gasteiger partial charge is 0.497 e. The molecule has 0 fully saturated rings. The summed E-state index contributed by atoms with van der Waals surface area (Å²) in [6.45, 7) is 0.0161. The van der Waals surface area contributed by atoms with Gasteiger partial charge in [-0.25, -0.2) is 0 Å². The lowest BCUT2D eigenvalue weighted by atomic mass is 10.1. The van der Waals surface area contributed by atoms with Crippen LogP contribution in [0.3, 0.4) is 0 Å². The lowest BCUT2D eigenvalue weighted by molar-refractivity contribution is 0.108. The van der Waals surface area contributed by atoms with Crippen LogP contribution in [0.25, 0.3) is 0 Å². The van der Waals surface area contributed by atoms with Gasteiger partial charge < -0.3 is 14.6 Å². The van der Waals surface area contributed by atoms with E-state index in [1.54, 1.807) is 49.6 Å². The van der Waals surface area contributed by atoms with Crippen LogP contribution in [-0.2, 0) is 0 Å². The number of ether oxygens (including phenoxy) is 2. The summed E-state index contributed by atoms with van der Waals surface area (Å²) in [5.41, 5.74) is 0.937. The van der Waals surface area contributed by atoms with Gasteiger partial charge in [-0.15, -0.1) is 0 Å². The first-order valence-corrected chi connectivity index (χ1v) is 6.67. The number of benzene rings is 2. The molecule has 0 saturated carbocycles. The molecule has 0 amide bonds. The second kappa shape index (κ2) is 6.98. The Hall–Kier alpha value is -2.22. The maximum Gasteiger partial charge on any atom is 0.138 e. The standard InChI is InChI=1S/C16H14ClNO3/c1-20-12-5-2-4-11(8-12)15(19)10-21-16-7-3-6-14(17)13(16)9-18/h2-8,15,19H,10H2,1H3. The van der Waals surface area contributed by atoms with Crippen molar-refractivity contribution in [3.63, 3.8) is 0 Å². The van der Waals surface area contributed by atoms with Crippen LogP contribution in [0.5, 0.6) is 11.5 Å². The lowest BCUT2D eigenvalue weighted by Gasteiger charge is -2.14. The molecule has 21 heavy (non-hydrogen) atoms. The minimum atomic E-state index is -0.828. The van der Waals surface area contributed by atoms with Gasteiger partial charge in [0.15, 0.2) is 0 Å². The molecule has 4 nitrogen and oxygen atoms in total. The van der Waals surface area contributed by atoms with Gasteiger partial charge in [0.05, 0.1) is 12.1 Å². The van der Waals surface area contributed by atoms with Crippen molar-refractivity contribution >= 4 is 11.6 Å². The first-order chi connectivity index (χ1) is 10.2. The van der Waals surface area contributed by atoms with E-state index < -0.39 is 6.10 Å². The fourth-order valence-corrected chi connectivity index (χ4v) is 2.05. The number of methoxy groups -OCH3 is 1. The molecular weight excluding hydrogens is 290 g/mol. The van der Waals surface area contributed by atoms with Gasteiger partial charge in [0.2, 0.25) is 0 Å². The Kier molecular flexibility index (Phi) is 5.04. The molecule has 0 aliphatic carbocycles. The van der Waals surface area contributed by atoms with Crippen LogP contribution in [-0.4, -0.2) is 18.8 Å². The molecule has 2 aromatic rings. The first-order valence-electron chi connectivity index (χ1n) is 6.29. The van der Waals surface area contributed by atoms with Crippen LogP contribution in [0.15, 0.2) is 42.5 Å². The van der Waals surface area contributed by atoms with Crippen molar-refractivity contribution < 1.29 is 14.6 Å². The molecule has 2 aromatic carbocycles. The van der Waals surface area contributed by atoms with E-state index in [1.807, 2.05) is 6.07 Å². The summed E-state index contributed by atoms with van der Waals surface area (Å²) in [5.74, 6) is 1.01.